The summed E-state index contributed by atoms with van der Waals surface area (Å²) in [4.78, 5) is 10.3. The second-order valence-electron chi connectivity index (χ2n) is 5.64. The summed E-state index contributed by atoms with van der Waals surface area (Å²) in [5.41, 5.74) is 0.802. The number of rotatable bonds is 7. The molecule has 0 amide bonds. The van der Waals surface area contributed by atoms with Gasteiger partial charge < -0.3 is 9.47 Å². The highest BCUT2D eigenvalue weighted by Gasteiger charge is 2.25. The van der Waals surface area contributed by atoms with E-state index in [1.54, 1.807) is 25.1 Å². The standard InChI is InChI=1S/C17H20N2O6S/c1-12-5-8-15(10-16(12)19(20)21)26(22,23)18(2)11-13-6-7-14(24-3)9-17(13)25-4/h5-10H,11H2,1-4H3. The third-order valence-electron chi connectivity index (χ3n) is 3.97. The predicted molar refractivity (Wildman–Crippen MR) is 96.0 cm³/mol. The lowest BCUT2D eigenvalue weighted by atomic mass is 10.2. The fourth-order valence-electron chi connectivity index (χ4n) is 2.43. The molecule has 0 unspecified atom stereocenters. The second-order valence-corrected chi connectivity index (χ2v) is 7.69. The number of methoxy groups -OCH3 is 2. The van der Waals surface area contributed by atoms with Crippen molar-refractivity contribution in [3.05, 3.63) is 57.6 Å². The molecule has 8 nitrogen and oxygen atoms in total. The van der Waals surface area contributed by atoms with Crippen molar-refractivity contribution in [3.8, 4) is 11.5 Å². The van der Waals surface area contributed by atoms with E-state index in [0.29, 0.717) is 22.6 Å². The number of hydrogen-bond donors (Lipinski definition) is 0. The number of aryl methyl sites for hydroxylation is 1. The molecule has 0 atom stereocenters. The molecule has 0 saturated heterocycles. The minimum absolute atomic E-state index is 0.0389. The van der Waals surface area contributed by atoms with Crippen molar-refractivity contribution < 1.29 is 22.8 Å². The number of benzene rings is 2. The van der Waals surface area contributed by atoms with Gasteiger partial charge in [0.2, 0.25) is 10.0 Å². The van der Waals surface area contributed by atoms with Crippen molar-refractivity contribution in [2.75, 3.05) is 21.3 Å². The van der Waals surface area contributed by atoms with Gasteiger partial charge in [-0.2, -0.15) is 4.31 Å². The van der Waals surface area contributed by atoms with Crippen LogP contribution in [0, 0.1) is 17.0 Å². The molecule has 2 rings (SSSR count). The maximum Gasteiger partial charge on any atom is 0.273 e. The smallest absolute Gasteiger partial charge is 0.273 e. The Hall–Kier alpha value is -2.65. The number of nitro groups is 1. The SMILES string of the molecule is COc1ccc(CN(C)S(=O)(=O)c2ccc(C)c([N+](=O)[O-])c2)c(OC)c1. The van der Waals surface area contributed by atoms with Crippen molar-refractivity contribution in [1.29, 1.82) is 0 Å². The first-order valence-electron chi connectivity index (χ1n) is 7.63. The molecule has 0 bridgehead atoms. The van der Waals surface area contributed by atoms with Gasteiger partial charge in [-0.3, -0.25) is 10.1 Å². The summed E-state index contributed by atoms with van der Waals surface area (Å²) >= 11 is 0. The molecule has 0 spiro atoms. The summed E-state index contributed by atoms with van der Waals surface area (Å²) in [7, 11) is 0.504. The number of nitrogens with zero attached hydrogens (tertiary/aromatic N) is 2. The van der Waals surface area contributed by atoms with E-state index < -0.39 is 14.9 Å². The Bertz CT molecular complexity index is 927. The lowest BCUT2D eigenvalue weighted by Crippen LogP contribution is -2.26. The first kappa shape index (κ1) is 19.7. The van der Waals surface area contributed by atoms with Gasteiger partial charge in [-0.1, -0.05) is 12.1 Å². The van der Waals surface area contributed by atoms with Crippen molar-refractivity contribution in [1.82, 2.24) is 4.31 Å². The van der Waals surface area contributed by atoms with Crippen molar-refractivity contribution in [2.45, 2.75) is 18.4 Å². The number of ether oxygens (including phenoxy) is 2. The highest BCUT2D eigenvalue weighted by molar-refractivity contribution is 7.89. The van der Waals surface area contributed by atoms with Crippen LogP contribution in [0.15, 0.2) is 41.3 Å². The van der Waals surface area contributed by atoms with E-state index in [1.807, 2.05) is 0 Å². The van der Waals surface area contributed by atoms with Crippen LogP contribution in [0.3, 0.4) is 0 Å². The zero-order chi connectivity index (χ0) is 19.5. The molecule has 140 valence electrons. The van der Waals surface area contributed by atoms with Crippen molar-refractivity contribution >= 4 is 15.7 Å². The number of sulfonamides is 1. The maximum absolute atomic E-state index is 12.8. The highest BCUT2D eigenvalue weighted by atomic mass is 32.2. The molecule has 0 aromatic heterocycles. The molecule has 0 fully saturated rings. The Labute approximate surface area is 152 Å². The number of nitro benzene ring substituents is 1. The van der Waals surface area contributed by atoms with Crippen LogP contribution >= 0.6 is 0 Å². The third kappa shape index (κ3) is 3.94. The molecule has 0 N–H and O–H groups in total. The van der Waals surface area contributed by atoms with Gasteiger partial charge >= 0.3 is 0 Å². The molecule has 0 aliphatic heterocycles. The molecule has 0 heterocycles. The monoisotopic (exact) mass is 380 g/mol. The van der Waals surface area contributed by atoms with E-state index in [2.05, 4.69) is 0 Å². The van der Waals surface area contributed by atoms with Crippen LogP contribution in [0.5, 0.6) is 11.5 Å². The van der Waals surface area contributed by atoms with E-state index in [1.165, 1.54) is 33.4 Å². The summed E-state index contributed by atoms with van der Waals surface area (Å²) in [6.07, 6.45) is 0. The molecule has 0 aliphatic carbocycles. The van der Waals surface area contributed by atoms with Crippen LogP contribution in [0.4, 0.5) is 5.69 Å². The Morgan fingerprint density at radius 3 is 2.38 bits per heavy atom. The van der Waals surface area contributed by atoms with Gasteiger partial charge in [0, 0.05) is 36.9 Å². The molecule has 2 aromatic rings. The van der Waals surface area contributed by atoms with E-state index >= 15 is 0 Å². The van der Waals surface area contributed by atoms with Gasteiger partial charge in [-0.25, -0.2) is 8.42 Å². The van der Waals surface area contributed by atoms with Gasteiger partial charge in [0.1, 0.15) is 11.5 Å². The Morgan fingerprint density at radius 2 is 1.81 bits per heavy atom. The largest absolute Gasteiger partial charge is 0.497 e. The summed E-state index contributed by atoms with van der Waals surface area (Å²) < 4.78 is 37.1. The van der Waals surface area contributed by atoms with Crippen LogP contribution in [0.1, 0.15) is 11.1 Å². The second kappa shape index (κ2) is 7.71. The molecule has 9 heteroatoms. The van der Waals surface area contributed by atoms with E-state index in [-0.39, 0.29) is 17.1 Å². The van der Waals surface area contributed by atoms with Crippen LogP contribution in [0.2, 0.25) is 0 Å². The average Bonchev–Trinajstić information content (AvgIpc) is 2.61. The summed E-state index contributed by atoms with van der Waals surface area (Å²) in [6, 6.07) is 8.93. The van der Waals surface area contributed by atoms with Crippen LogP contribution in [-0.2, 0) is 16.6 Å². The Morgan fingerprint density at radius 1 is 1.12 bits per heavy atom. The molecule has 0 aliphatic rings. The van der Waals surface area contributed by atoms with Gasteiger partial charge in [0.25, 0.3) is 5.69 Å². The summed E-state index contributed by atoms with van der Waals surface area (Å²) in [5.74, 6) is 1.08. The quantitative estimate of drug-likeness (QED) is 0.541. The molecule has 2 aromatic carbocycles. The fourth-order valence-corrected chi connectivity index (χ4v) is 3.60. The van der Waals surface area contributed by atoms with Crippen LogP contribution < -0.4 is 9.47 Å². The zero-order valence-corrected chi connectivity index (χ0v) is 15.7. The summed E-state index contributed by atoms with van der Waals surface area (Å²) in [6.45, 7) is 1.59. The fraction of sp³-hybridized carbons (Fsp3) is 0.294. The average molecular weight is 380 g/mol. The van der Waals surface area contributed by atoms with Gasteiger partial charge in [0.05, 0.1) is 24.0 Å². The predicted octanol–water partition coefficient (Wildman–Crippen LogP) is 2.74. The highest BCUT2D eigenvalue weighted by Crippen LogP contribution is 2.28. The van der Waals surface area contributed by atoms with Crippen molar-refractivity contribution in [2.24, 2.45) is 0 Å². The Kier molecular flexibility index (Phi) is 5.83. The normalized spacial score (nSPS) is 11.4. The van der Waals surface area contributed by atoms with Gasteiger partial charge in [-0.05, 0) is 19.1 Å². The van der Waals surface area contributed by atoms with E-state index in [4.69, 9.17) is 9.47 Å². The molecule has 0 radical (unpaired) electrons. The first-order valence-corrected chi connectivity index (χ1v) is 9.07. The van der Waals surface area contributed by atoms with E-state index in [9.17, 15) is 18.5 Å². The summed E-state index contributed by atoms with van der Waals surface area (Å²) in [5, 5.41) is 11.1. The topological polar surface area (TPSA) is 99.0 Å². The minimum Gasteiger partial charge on any atom is -0.497 e. The minimum atomic E-state index is -3.91. The molecular formula is C17H20N2O6S. The van der Waals surface area contributed by atoms with Gasteiger partial charge in [-0.15, -0.1) is 0 Å². The third-order valence-corrected chi connectivity index (χ3v) is 5.77. The molecule has 0 saturated carbocycles. The van der Waals surface area contributed by atoms with Crippen molar-refractivity contribution in [3.63, 3.8) is 0 Å². The molecule has 26 heavy (non-hydrogen) atoms. The lowest BCUT2D eigenvalue weighted by Gasteiger charge is -2.19. The van der Waals surface area contributed by atoms with E-state index in [0.717, 1.165) is 10.4 Å². The van der Waals surface area contributed by atoms with Crippen LogP contribution in [-0.4, -0.2) is 38.9 Å². The molecular weight excluding hydrogens is 360 g/mol. The zero-order valence-electron chi connectivity index (χ0n) is 14.9. The Balaban J connectivity index is 2.36. The first-order chi connectivity index (χ1) is 12.2. The maximum atomic E-state index is 12.8. The number of hydrogen-bond acceptors (Lipinski definition) is 6. The lowest BCUT2D eigenvalue weighted by molar-refractivity contribution is -0.385. The van der Waals surface area contributed by atoms with Gasteiger partial charge in [0.15, 0.2) is 0 Å². The van der Waals surface area contributed by atoms with Crippen LogP contribution in [0.25, 0.3) is 0 Å².